The molecule has 3 N–H and O–H groups in total. The molecular formula is C18H20N4O. The van der Waals surface area contributed by atoms with Gasteiger partial charge in [0.15, 0.2) is 5.69 Å². The fraction of sp³-hybridized carbons (Fsp3) is 0.222. The van der Waals surface area contributed by atoms with Gasteiger partial charge in [-0.15, -0.1) is 0 Å². The van der Waals surface area contributed by atoms with Crippen LogP contribution in [0.5, 0.6) is 0 Å². The summed E-state index contributed by atoms with van der Waals surface area (Å²) in [7, 11) is 1.90. The highest BCUT2D eigenvalue weighted by Gasteiger charge is 2.16. The third kappa shape index (κ3) is 2.96. The average Bonchev–Trinajstić information content (AvgIpc) is 2.88. The fourth-order valence-electron chi connectivity index (χ4n) is 2.58. The lowest BCUT2D eigenvalue weighted by molar-refractivity contribution is 0.102. The Balaban J connectivity index is 1.88. The van der Waals surface area contributed by atoms with Gasteiger partial charge in [-0.05, 0) is 43.7 Å². The van der Waals surface area contributed by atoms with Gasteiger partial charge in [0.25, 0.3) is 5.91 Å². The molecule has 3 aromatic rings. The predicted octanol–water partition coefficient (Wildman–Crippen LogP) is 3.02. The van der Waals surface area contributed by atoms with E-state index in [1.54, 1.807) is 6.20 Å². The van der Waals surface area contributed by atoms with Gasteiger partial charge >= 0.3 is 0 Å². The number of hydrogen-bond acceptors (Lipinski definition) is 3. The average molecular weight is 308 g/mol. The third-order valence-corrected chi connectivity index (χ3v) is 3.89. The molecule has 5 nitrogen and oxygen atoms in total. The van der Waals surface area contributed by atoms with Gasteiger partial charge in [0.05, 0.1) is 5.52 Å². The second-order valence-corrected chi connectivity index (χ2v) is 6.28. The highest BCUT2D eigenvalue weighted by Crippen LogP contribution is 2.21. The van der Waals surface area contributed by atoms with Crippen molar-refractivity contribution in [3.63, 3.8) is 0 Å². The van der Waals surface area contributed by atoms with E-state index < -0.39 is 5.54 Å². The van der Waals surface area contributed by atoms with E-state index in [-0.39, 0.29) is 5.91 Å². The molecule has 0 unspecified atom stereocenters. The van der Waals surface area contributed by atoms with E-state index in [0.29, 0.717) is 5.69 Å². The highest BCUT2D eigenvalue weighted by molar-refractivity contribution is 6.10. The largest absolute Gasteiger partial charge is 0.349 e. The van der Waals surface area contributed by atoms with Crippen molar-refractivity contribution >= 4 is 22.5 Å². The molecule has 118 valence electrons. The summed E-state index contributed by atoms with van der Waals surface area (Å²) >= 11 is 0. The zero-order valence-electron chi connectivity index (χ0n) is 13.5. The highest BCUT2D eigenvalue weighted by atomic mass is 16.1. The summed E-state index contributed by atoms with van der Waals surface area (Å²) in [6, 6.07) is 11.4. The Morgan fingerprint density at radius 2 is 1.87 bits per heavy atom. The molecule has 0 aliphatic rings. The monoisotopic (exact) mass is 308 g/mol. The SMILES string of the molecule is Cn1ccc2ccnc(C(=O)Nc3ccc(C(C)(C)N)cc3)c21. The van der Waals surface area contributed by atoms with Crippen LogP contribution < -0.4 is 11.1 Å². The summed E-state index contributed by atoms with van der Waals surface area (Å²) in [4.78, 5) is 16.8. The molecule has 3 rings (SSSR count). The minimum Gasteiger partial charge on any atom is -0.349 e. The number of amides is 1. The lowest BCUT2D eigenvalue weighted by Gasteiger charge is -2.19. The molecule has 0 saturated heterocycles. The first-order valence-corrected chi connectivity index (χ1v) is 7.47. The molecule has 0 radical (unpaired) electrons. The molecule has 2 aromatic heterocycles. The number of hydrogen-bond donors (Lipinski definition) is 2. The van der Waals surface area contributed by atoms with E-state index in [1.165, 1.54) is 0 Å². The summed E-state index contributed by atoms with van der Waals surface area (Å²) in [6.45, 7) is 3.89. The van der Waals surface area contributed by atoms with Gasteiger partial charge in [0, 0.05) is 36.1 Å². The molecule has 0 atom stereocenters. The molecule has 0 bridgehead atoms. The zero-order chi connectivity index (χ0) is 16.6. The smallest absolute Gasteiger partial charge is 0.276 e. The van der Waals surface area contributed by atoms with Crippen molar-refractivity contribution < 1.29 is 4.79 Å². The summed E-state index contributed by atoms with van der Waals surface area (Å²) in [5.41, 5.74) is 8.63. The minimum absolute atomic E-state index is 0.225. The second-order valence-electron chi connectivity index (χ2n) is 6.28. The topological polar surface area (TPSA) is 72.9 Å². The number of carbonyl (C=O) groups excluding carboxylic acids is 1. The van der Waals surface area contributed by atoms with Crippen molar-refractivity contribution in [1.29, 1.82) is 0 Å². The van der Waals surface area contributed by atoms with E-state index in [0.717, 1.165) is 22.2 Å². The van der Waals surface area contributed by atoms with Gasteiger partial charge in [-0.1, -0.05) is 12.1 Å². The van der Waals surface area contributed by atoms with Gasteiger partial charge in [-0.2, -0.15) is 0 Å². The van der Waals surface area contributed by atoms with Crippen LogP contribution in [-0.4, -0.2) is 15.5 Å². The first-order chi connectivity index (χ1) is 10.9. The summed E-state index contributed by atoms with van der Waals surface area (Å²) in [6.07, 6.45) is 3.57. The number of nitrogens with one attached hydrogen (secondary N) is 1. The van der Waals surface area contributed by atoms with E-state index in [9.17, 15) is 4.79 Å². The van der Waals surface area contributed by atoms with E-state index >= 15 is 0 Å². The van der Waals surface area contributed by atoms with Crippen LogP contribution in [0, 0.1) is 0 Å². The quantitative estimate of drug-likeness (QED) is 0.781. The number of nitrogens with zero attached hydrogens (tertiary/aromatic N) is 2. The molecule has 5 heteroatoms. The summed E-state index contributed by atoms with van der Waals surface area (Å²) < 4.78 is 1.90. The Labute approximate surface area is 135 Å². The predicted molar refractivity (Wildman–Crippen MR) is 92.3 cm³/mol. The molecule has 0 saturated carbocycles. The van der Waals surface area contributed by atoms with Crippen LogP contribution >= 0.6 is 0 Å². The molecule has 23 heavy (non-hydrogen) atoms. The Kier molecular flexibility index (Phi) is 3.66. The van der Waals surface area contributed by atoms with Crippen molar-refractivity contribution in [2.24, 2.45) is 12.8 Å². The standard InChI is InChI=1S/C18H20N4O/c1-18(2,19)13-4-6-14(7-5-13)21-17(23)15-16-12(8-10-20-15)9-11-22(16)3/h4-11H,19H2,1-3H3,(H,21,23). The van der Waals surface area contributed by atoms with Crippen molar-refractivity contribution in [3.05, 3.63) is 60.0 Å². The maximum atomic E-state index is 12.5. The van der Waals surface area contributed by atoms with Crippen LogP contribution in [0.4, 0.5) is 5.69 Å². The van der Waals surface area contributed by atoms with Gasteiger partial charge in [-0.3, -0.25) is 4.79 Å². The number of fused-ring (bicyclic) bond motifs is 1. The van der Waals surface area contributed by atoms with Crippen LogP contribution in [0.1, 0.15) is 29.9 Å². The minimum atomic E-state index is -0.404. The molecule has 2 heterocycles. The normalized spacial score (nSPS) is 11.7. The van der Waals surface area contributed by atoms with Crippen LogP contribution in [0.15, 0.2) is 48.8 Å². The van der Waals surface area contributed by atoms with Crippen molar-refractivity contribution in [3.8, 4) is 0 Å². The molecule has 0 aliphatic heterocycles. The van der Waals surface area contributed by atoms with Crippen molar-refractivity contribution in [2.75, 3.05) is 5.32 Å². The van der Waals surface area contributed by atoms with E-state index in [4.69, 9.17) is 5.73 Å². The third-order valence-electron chi connectivity index (χ3n) is 3.89. The van der Waals surface area contributed by atoms with Crippen LogP contribution in [0.25, 0.3) is 10.9 Å². The number of aromatic nitrogens is 2. The van der Waals surface area contributed by atoms with Gasteiger partial charge in [0.2, 0.25) is 0 Å². The van der Waals surface area contributed by atoms with Crippen LogP contribution in [0.2, 0.25) is 0 Å². The Morgan fingerprint density at radius 3 is 2.52 bits per heavy atom. The number of benzene rings is 1. The van der Waals surface area contributed by atoms with Crippen LogP contribution in [-0.2, 0) is 12.6 Å². The van der Waals surface area contributed by atoms with E-state index in [2.05, 4.69) is 10.3 Å². The lowest BCUT2D eigenvalue weighted by Crippen LogP contribution is -2.28. The number of carbonyl (C=O) groups is 1. The Bertz CT molecular complexity index is 857. The summed E-state index contributed by atoms with van der Waals surface area (Å²) in [5, 5.41) is 3.88. The zero-order valence-corrected chi connectivity index (χ0v) is 13.5. The molecule has 0 spiro atoms. The number of nitrogens with two attached hydrogens (primary N) is 1. The van der Waals surface area contributed by atoms with Crippen molar-refractivity contribution in [2.45, 2.75) is 19.4 Å². The number of rotatable bonds is 3. The second kappa shape index (κ2) is 5.52. The first kappa shape index (κ1) is 15.2. The Morgan fingerprint density at radius 1 is 1.17 bits per heavy atom. The lowest BCUT2D eigenvalue weighted by atomic mass is 9.96. The van der Waals surface area contributed by atoms with Crippen LogP contribution in [0.3, 0.4) is 0 Å². The summed E-state index contributed by atoms with van der Waals surface area (Å²) in [5.74, 6) is -0.225. The van der Waals surface area contributed by atoms with Gasteiger partial charge < -0.3 is 15.6 Å². The number of pyridine rings is 1. The first-order valence-electron chi connectivity index (χ1n) is 7.47. The van der Waals surface area contributed by atoms with Gasteiger partial charge in [0.1, 0.15) is 0 Å². The van der Waals surface area contributed by atoms with Gasteiger partial charge in [-0.25, -0.2) is 4.98 Å². The molecule has 1 amide bonds. The van der Waals surface area contributed by atoms with Crippen molar-refractivity contribution in [1.82, 2.24) is 9.55 Å². The fourth-order valence-corrected chi connectivity index (χ4v) is 2.58. The number of anilines is 1. The number of aryl methyl sites for hydroxylation is 1. The molecule has 0 aliphatic carbocycles. The molecule has 0 fully saturated rings. The molecule has 1 aromatic carbocycles. The molecular weight excluding hydrogens is 288 g/mol. The van der Waals surface area contributed by atoms with E-state index in [1.807, 2.05) is 68.1 Å². The maximum Gasteiger partial charge on any atom is 0.276 e. The Hall–Kier alpha value is -2.66. The maximum absolute atomic E-state index is 12.5.